The summed E-state index contributed by atoms with van der Waals surface area (Å²) in [5, 5.41) is 13.0. The average molecular weight is 505 g/mol. The van der Waals surface area contributed by atoms with Gasteiger partial charge in [0.2, 0.25) is 5.91 Å². The Labute approximate surface area is 209 Å². The number of nitrogens with zero attached hydrogens (tertiary/aromatic N) is 1. The van der Waals surface area contributed by atoms with E-state index in [1.54, 1.807) is 44.2 Å². The maximum atomic E-state index is 13.2. The van der Waals surface area contributed by atoms with E-state index in [0.29, 0.717) is 35.1 Å². The summed E-state index contributed by atoms with van der Waals surface area (Å²) in [4.78, 5) is 27.3. The highest BCUT2D eigenvalue weighted by molar-refractivity contribution is 6.31. The topological polar surface area (TPSA) is 88.1 Å². The van der Waals surface area contributed by atoms with E-state index in [1.165, 1.54) is 12.1 Å². The van der Waals surface area contributed by atoms with Crippen LogP contribution in [0.4, 0.5) is 10.1 Å². The molecule has 0 aromatic heterocycles. The number of rotatable bonds is 8. The van der Waals surface area contributed by atoms with Gasteiger partial charge in [0.05, 0.1) is 17.7 Å². The molecule has 2 amide bonds. The van der Waals surface area contributed by atoms with Gasteiger partial charge in [0.1, 0.15) is 23.4 Å². The number of aliphatic hydroxyl groups is 1. The predicted molar refractivity (Wildman–Crippen MR) is 130 cm³/mol. The zero-order chi connectivity index (χ0) is 25.2. The normalized spacial score (nSPS) is 21.5. The summed E-state index contributed by atoms with van der Waals surface area (Å²) in [5.41, 5.74) is -0.820. The van der Waals surface area contributed by atoms with Gasteiger partial charge in [0, 0.05) is 29.9 Å². The van der Waals surface area contributed by atoms with Crippen LogP contribution >= 0.6 is 11.6 Å². The van der Waals surface area contributed by atoms with Crippen molar-refractivity contribution >= 4 is 29.1 Å². The summed E-state index contributed by atoms with van der Waals surface area (Å²) in [6.45, 7) is 2.91. The molecule has 2 N–H and O–H groups in total. The van der Waals surface area contributed by atoms with Crippen LogP contribution in [-0.4, -0.2) is 52.2 Å². The van der Waals surface area contributed by atoms with Gasteiger partial charge in [-0.25, -0.2) is 4.39 Å². The molecule has 0 aliphatic carbocycles. The molecular formula is C26H30ClFN2O5. The second-order valence-corrected chi connectivity index (χ2v) is 10.3. The molecule has 2 aromatic carbocycles. The fourth-order valence-corrected chi connectivity index (χ4v) is 5.04. The predicted octanol–water partition coefficient (Wildman–Crippen LogP) is 4.56. The average Bonchev–Trinajstić information content (AvgIpc) is 3.04. The van der Waals surface area contributed by atoms with E-state index < -0.39 is 11.5 Å². The number of piperidine rings is 1. The molecule has 0 saturated carbocycles. The number of carbonyl (C=O) groups excluding carboxylic acids is 2. The monoisotopic (exact) mass is 504 g/mol. The number of halogens is 2. The van der Waals surface area contributed by atoms with Gasteiger partial charge in [-0.3, -0.25) is 9.59 Å². The van der Waals surface area contributed by atoms with Crippen molar-refractivity contribution in [2.75, 3.05) is 11.9 Å². The molecule has 2 aliphatic rings. The third kappa shape index (κ3) is 6.64. The summed E-state index contributed by atoms with van der Waals surface area (Å²) in [7, 11) is 0. The lowest BCUT2D eigenvalue weighted by Gasteiger charge is -2.38. The van der Waals surface area contributed by atoms with Gasteiger partial charge in [-0.2, -0.15) is 0 Å². The van der Waals surface area contributed by atoms with Gasteiger partial charge in [-0.1, -0.05) is 11.6 Å². The quantitative estimate of drug-likeness (QED) is 0.550. The van der Waals surface area contributed by atoms with Gasteiger partial charge in [-0.15, -0.1) is 0 Å². The lowest BCUT2D eigenvalue weighted by molar-refractivity contribution is -0.139. The number of carbonyl (C=O) groups is 2. The Balaban J connectivity index is 1.35. The van der Waals surface area contributed by atoms with Gasteiger partial charge in [-0.05, 0) is 69.2 Å². The van der Waals surface area contributed by atoms with E-state index in [1.807, 2.05) is 4.90 Å². The largest absolute Gasteiger partial charge is 0.490 e. The molecule has 9 heteroatoms. The van der Waals surface area contributed by atoms with Crippen molar-refractivity contribution in [3.63, 3.8) is 0 Å². The first kappa shape index (κ1) is 25.3. The van der Waals surface area contributed by atoms with Gasteiger partial charge in [0.15, 0.2) is 6.61 Å². The van der Waals surface area contributed by atoms with Gasteiger partial charge < -0.3 is 24.8 Å². The van der Waals surface area contributed by atoms with Crippen molar-refractivity contribution in [1.29, 1.82) is 0 Å². The van der Waals surface area contributed by atoms with E-state index in [-0.39, 0.29) is 42.9 Å². The molecule has 2 fully saturated rings. The Bertz CT molecular complexity index is 1060. The molecule has 3 atom stereocenters. The minimum atomic E-state index is -1.16. The lowest BCUT2D eigenvalue weighted by Crippen LogP contribution is -2.50. The fraction of sp³-hybridized carbons (Fsp3) is 0.462. The minimum Gasteiger partial charge on any atom is -0.490 e. The zero-order valence-electron chi connectivity index (χ0n) is 19.8. The van der Waals surface area contributed by atoms with Crippen molar-refractivity contribution in [2.45, 2.75) is 69.7 Å². The standard InChI is InChI=1S/C26H30ClFN2O5/c1-26(2,33)14-24(31)29-22-11-16(27)3-10-23(22)34-15-25(32)30-18-6-7-19(30)13-21(12-18)35-20-8-4-17(28)5-9-20/h3-5,8-11,18-19,21,33H,6-7,12-15H2,1-2H3,(H,29,31)/t18-,19+,21?. The van der Waals surface area contributed by atoms with Crippen molar-refractivity contribution in [2.24, 2.45) is 0 Å². The number of anilines is 1. The highest BCUT2D eigenvalue weighted by Crippen LogP contribution is 2.38. The first-order chi connectivity index (χ1) is 16.6. The Morgan fingerprint density at radius 3 is 2.43 bits per heavy atom. The van der Waals surface area contributed by atoms with Crippen LogP contribution in [0.5, 0.6) is 11.5 Å². The van der Waals surface area contributed by atoms with E-state index in [0.717, 1.165) is 12.8 Å². The van der Waals surface area contributed by atoms with Crippen LogP contribution < -0.4 is 14.8 Å². The number of fused-ring (bicyclic) bond motifs is 2. The van der Waals surface area contributed by atoms with Crippen molar-refractivity contribution in [1.82, 2.24) is 4.90 Å². The first-order valence-corrected chi connectivity index (χ1v) is 12.1. The summed E-state index contributed by atoms with van der Waals surface area (Å²) >= 11 is 6.08. The molecule has 2 aromatic rings. The van der Waals surface area contributed by atoms with Crippen LogP contribution in [0.2, 0.25) is 5.02 Å². The van der Waals surface area contributed by atoms with Crippen LogP contribution in [0, 0.1) is 5.82 Å². The minimum absolute atomic E-state index is 0.0308. The maximum Gasteiger partial charge on any atom is 0.261 e. The number of hydrogen-bond acceptors (Lipinski definition) is 5. The van der Waals surface area contributed by atoms with Crippen molar-refractivity contribution in [3.05, 3.63) is 53.3 Å². The molecule has 2 heterocycles. The number of amides is 2. The van der Waals surface area contributed by atoms with Crippen LogP contribution in [0.1, 0.15) is 46.0 Å². The molecule has 2 aliphatic heterocycles. The molecule has 4 rings (SSSR count). The van der Waals surface area contributed by atoms with E-state index in [9.17, 15) is 19.1 Å². The Morgan fingerprint density at radius 1 is 1.14 bits per heavy atom. The summed E-state index contributed by atoms with van der Waals surface area (Å²) in [6.07, 6.45) is 3.09. The van der Waals surface area contributed by atoms with E-state index >= 15 is 0 Å². The lowest BCUT2D eigenvalue weighted by atomic mass is 9.99. The van der Waals surface area contributed by atoms with Gasteiger partial charge in [0.25, 0.3) is 5.91 Å². The van der Waals surface area contributed by atoms with Gasteiger partial charge >= 0.3 is 0 Å². The molecule has 35 heavy (non-hydrogen) atoms. The molecule has 0 radical (unpaired) electrons. The molecule has 7 nitrogen and oxygen atoms in total. The summed E-state index contributed by atoms with van der Waals surface area (Å²) < 4.78 is 25.0. The highest BCUT2D eigenvalue weighted by atomic mass is 35.5. The molecule has 2 saturated heterocycles. The molecule has 188 valence electrons. The Hall–Kier alpha value is -2.84. The summed E-state index contributed by atoms with van der Waals surface area (Å²) in [5.74, 6) is 0.131. The number of hydrogen-bond donors (Lipinski definition) is 2. The smallest absolute Gasteiger partial charge is 0.261 e. The summed E-state index contributed by atoms with van der Waals surface area (Å²) in [6, 6.07) is 10.9. The first-order valence-electron chi connectivity index (χ1n) is 11.8. The van der Waals surface area contributed by atoms with Crippen molar-refractivity contribution < 1.29 is 28.6 Å². The van der Waals surface area contributed by atoms with Crippen LogP contribution in [0.15, 0.2) is 42.5 Å². The van der Waals surface area contributed by atoms with Crippen molar-refractivity contribution in [3.8, 4) is 11.5 Å². The molecule has 0 spiro atoms. The molecule has 2 bridgehead atoms. The van der Waals surface area contributed by atoms with E-state index in [4.69, 9.17) is 21.1 Å². The Kier molecular flexibility index (Phi) is 7.52. The molecule has 1 unspecified atom stereocenters. The number of benzene rings is 2. The van der Waals surface area contributed by atoms with Crippen LogP contribution in [-0.2, 0) is 9.59 Å². The highest BCUT2D eigenvalue weighted by Gasteiger charge is 2.44. The number of nitrogens with one attached hydrogen (secondary N) is 1. The molecular weight excluding hydrogens is 475 g/mol. The Morgan fingerprint density at radius 2 is 1.80 bits per heavy atom. The second-order valence-electron chi connectivity index (χ2n) is 9.82. The van der Waals surface area contributed by atoms with Crippen LogP contribution in [0.3, 0.4) is 0 Å². The maximum absolute atomic E-state index is 13.2. The van der Waals surface area contributed by atoms with Crippen LogP contribution in [0.25, 0.3) is 0 Å². The zero-order valence-corrected chi connectivity index (χ0v) is 20.6. The fourth-order valence-electron chi connectivity index (χ4n) is 4.86. The SMILES string of the molecule is CC(C)(O)CC(=O)Nc1cc(Cl)ccc1OCC(=O)N1[C@@H]2CC[C@H]1CC(Oc1ccc(F)cc1)C2. The number of ether oxygens (including phenoxy) is 2. The third-order valence-electron chi connectivity index (χ3n) is 6.25. The second kappa shape index (κ2) is 10.4. The van der Waals surface area contributed by atoms with E-state index in [2.05, 4.69) is 5.32 Å². The third-order valence-corrected chi connectivity index (χ3v) is 6.49.